The number of H-pyrrole nitrogens is 1. The number of thiazole rings is 1. The molecule has 2 N–H and O–H groups in total. The van der Waals surface area contributed by atoms with Gasteiger partial charge < -0.3 is 4.98 Å². The number of aromatic nitrogens is 4. The van der Waals surface area contributed by atoms with Crippen molar-refractivity contribution < 1.29 is 9.59 Å². The van der Waals surface area contributed by atoms with Gasteiger partial charge in [0.2, 0.25) is 5.95 Å². The van der Waals surface area contributed by atoms with Crippen molar-refractivity contribution in [1.29, 1.82) is 0 Å². The van der Waals surface area contributed by atoms with Gasteiger partial charge in [0, 0.05) is 41.5 Å². The number of amides is 1. The van der Waals surface area contributed by atoms with Gasteiger partial charge in [-0.15, -0.1) is 11.3 Å². The lowest BCUT2D eigenvalue weighted by molar-refractivity contribution is 0.0992. The first-order valence-electron chi connectivity index (χ1n) is 13.6. The second-order valence-electron chi connectivity index (χ2n) is 11.6. The molecule has 0 saturated heterocycles. The Hall–Kier alpha value is -3.95. The molecule has 0 aliphatic carbocycles. The lowest BCUT2D eigenvalue weighted by Crippen LogP contribution is -2.32. The van der Waals surface area contributed by atoms with E-state index in [1.807, 2.05) is 36.4 Å². The minimum Gasteiger partial charge on any atom is -0.324 e. The Morgan fingerprint density at radius 1 is 1.07 bits per heavy atom. The molecule has 1 aliphatic heterocycles. The Morgan fingerprint density at radius 3 is 2.73 bits per heavy atom. The van der Waals surface area contributed by atoms with Crippen LogP contribution in [-0.4, -0.2) is 49.6 Å². The fourth-order valence-corrected chi connectivity index (χ4v) is 6.15. The van der Waals surface area contributed by atoms with Gasteiger partial charge in [0.25, 0.3) is 5.91 Å². The van der Waals surface area contributed by atoms with Crippen LogP contribution in [0.5, 0.6) is 0 Å². The molecule has 3 aromatic heterocycles. The van der Waals surface area contributed by atoms with Crippen LogP contribution in [0.4, 0.5) is 5.95 Å². The van der Waals surface area contributed by atoms with E-state index in [9.17, 15) is 9.59 Å². The molecule has 0 unspecified atom stereocenters. The summed E-state index contributed by atoms with van der Waals surface area (Å²) in [4.78, 5) is 46.8. The average molecular weight is 553 g/mol. The number of fused-ring (bicyclic) bond motifs is 3. The van der Waals surface area contributed by atoms with Crippen molar-refractivity contribution in [1.82, 2.24) is 24.8 Å². The number of carbonyl (C=O) groups excluding carboxylic acids is 2. The summed E-state index contributed by atoms with van der Waals surface area (Å²) >= 11 is 1.65. The van der Waals surface area contributed by atoms with Crippen molar-refractivity contribution in [2.45, 2.75) is 46.6 Å². The zero-order chi connectivity index (χ0) is 27.9. The molecule has 5 aromatic rings. The highest BCUT2D eigenvalue weighted by molar-refractivity contribution is 7.11. The lowest BCUT2D eigenvalue weighted by Gasteiger charge is -2.29. The minimum atomic E-state index is -0.373. The number of hydrogen-bond donors (Lipinski definition) is 2. The van der Waals surface area contributed by atoms with Crippen LogP contribution in [-0.2, 0) is 19.4 Å². The maximum atomic E-state index is 13.4. The van der Waals surface area contributed by atoms with Gasteiger partial charge in [-0.3, -0.25) is 24.8 Å². The molecule has 204 valence electrons. The molecular weight excluding hydrogens is 520 g/mol. The Morgan fingerprint density at radius 2 is 1.90 bits per heavy atom. The molecule has 0 spiro atoms. The summed E-state index contributed by atoms with van der Waals surface area (Å²) in [6.45, 7) is 9.82. The Balaban J connectivity index is 1.16. The molecule has 6 rings (SSSR count). The van der Waals surface area contributed by atoms with E-state index in [0.717, 1.165) is 53.9 Å². The summed E-state index contributed by atoms with van der Waals surface area (Å²) in [5.41, 5.74) is 3.46. The van der Waals surface area contributed by atoms with Gasteiger partial charge >= 0.3 is 0 Å². The SMILES string of the molecule is CC(C)(C)CCN1CCc2nc(CC(=O)c3cccc4[nH]c(NC(=O)c5cc6ccccc6cn5)nc34)sc2C1. The van der Waals surface area contributed by atoms with E-state index in [1.54, 1.807) is 29.7 Å². The highest BCUT2D eigenvalue weighted by atomic mass is 32.1. The summed E-state index contributed by atoms with van der Waals surface area (Å²) in [5.74, 6) is -0.139. The second-order valence-corrected chi connectivity index (χ2v) is 12.7. The number of carbonyl (C=O) groups is 2. The molecule has 0 saturated carbocycles. The second kappa shape index (κ2) is 10.6. The summed E-state index contributed by atoms with van der Waals surface area (Å²) in [5, 5.41) is 5.53. The van der Waals surface area contributed by atoms with Gasteiger partial charge in [-0.1, -0.05) is 51.1 Å². The zero-order valence-electron chi connectivity index (χ0n) is 23.0. The molecule has 1 aliphatic rings. The third-order valence-electron chi connectivity index (χ3n) is 7.25. The maximum absolute atomic E-state index is 13.4. The number of para-hydroxylation sites is 1. The molecule has 4 heterocycles. The number of anilines is 1. The molecular formula is C31H32N6O2S. The molecule has 0 fully saturated rings. The van der Waals surface area contributed by atoms with Crippen LogP contribution in [0.3, 0.4) is 0 Å². The van der Waals surface area contributed by atoms with E-state index in [4.69, 9.17) is 4.98 Å². The minimum absolute atomic E-state index is 0.0399. The van der Waals surface area contributed by atoms with Crippen molar-refractivity contribution in [3.8, 4) is 0 Å². The van der Waals surface area contributed by atoms with E-state index in [2.05, 4.69) is 45.9 Å². The van der Waals surface area contributed by atoms with E-state index < -0.39 is 0 Å². The Labute approximate surface area is 236 Å². The number of rotatable bonds is 7. The first kappa shape index (κ1) is 26.3. The number of imidazole rings is 1. The van der Waals surface area contributed by atoms with E-state index in [-0.39, 0.29) is 24.1 Å². The highest BCUT2D eigenvalue weighted by Crippen LogP contribution is 2.29. The van der Waals surface area contributed by atoms with E-state index >= 15 is 0 Å². The summed E-state index contributed by atoms with van der Waals surface area (Å²) in [7, 11) is 0. The van der Waals surface area contributed by atoms with Crippen LogP contribution >= 0.6 is 11.3 Å². The fourth-order valence-electron chi connectivity index (χ4n) is 4.99. The van der Waals surface area contributed by atoms with Crippen molar-refractivity contribution in [3.63, 3.8) is 0 Å². The number of benzene rings is 2. The van der Waals surface area contributed by atoms with Crippen molar-refractivity contribution >= 4 is 50.8 Å². The standard InChI is InChI=1S/C31H32N6O2S/c1-31(2,3)12-14-37-13-11-22-26(18-37)40-27(33-22)16-25(38)21-9-6-10-23-28(21)35-30(34-23)36-29(39)24-15-19-7-4-5-8-20(19)17-32-24/h4-10,15,17H,11-14,16,18H2,1-3H3,(H2,34,35,36,39). The summed E-state index contributed by atoms with van der Waals surface area (Å²) < 4.78 is 0. The van der Waals surface area contributed by atoms with E-state index in [1.165, 1.54) is 4.88 Å². The van der Waals surface area contributed by atoms with Gasteiger partial charge in [0.1, 0.15) is 16.2 Å². The topological polar surface area (TPSA) is 104 Å². The number of nitrogens with one attached hydrogen (secondary N) is 2. The van der Waals surface area contributed by atoms with Crippen LogP contribution in [0.1, 0.15) is 63.6 Å². The predicted molar refractivity (Wildman–Crippen MR) is 159 cm³/mol. The number of Topliss-reactive ketones (excluding diaryl/α,β-unsaturated/α-hetero) is 1. The van der Waals surface area contributed by atoms with Crippen LogP contribution in [0, 0.1) is 5.41 Å². The van der Waals surface area contributed by atoms with Crippen LogP contribution in [0.2, 0.25) is 0 Å². The summed E-state index contributed by atoms with van der Waals surface area (Å²) in [6, 6.07) is 14.9. The van der Waals surface area contributed by atoms with Gasteiger partial charge in [-0.05, 0) is 42.0 Å². The summed E-state index contributed by atoms with van der Waals surface area (Å²) in [6.07, 6.45) is 3.99. The number of aromatic amines is 1. The number of pyridine rings is 1. The van der Waals surface area contributed by atoms with Gasteiger partial charge in [-0.2, -0.15) is 0 Å². The smallest absolute Gasteiger partial charge is 0.276 e. The number of hydrogen-bond acceptors (Lipinski definition) is 7. The quantitative estimate of drug-likeness (QED) is 0.239. The van der Waals surface area contributed by atoms with Gasteiger partial charge in [0.05, 0.1) is 17.6 Å². The number of ketones is 1. The van der Waals surface area contributed by atoms with Crippen molar-refractivity contribution in [2.75, 3.05) is 18.4 Å². The third kappa shape index (κ3) is 5.66. The molecule has 0 radical (unpaired) electrons. The maximum Gasteiger partial charge on any atom is 0.276 e. The molecule has 0 bridgehead atoms. The molecule has 2 aromatic carbocycles. The Kier molecular flexibility index (Phi) is 6.93. The predicted octanol–water partition coefficient (Wildman–Crippen LogP) is 6.04. The van der Waals surface area contributed by atoms with Crippen LogP contribution in [0.15, 0.2) is 54.7 Å². The van der Waals surface area contributed by atoms with Gasteiger partial charge in [-0.25, -0.2) is 9.97 Å². The zero-order valence-corrected chi connectivity index (χ0v) is 23.8. The van der Waals surface area contributed by atoms with E-state index in [0.29, 0.717) is 27.7 Å². The normalized spacial score (nSPS) is 14.0. The molecule has 8 nitrogen and oxygen atoms in total. The molecule has 40 heavy (non-hydrogen) atoms. The Bertz CT molecular complexity index is 1730. The molecule has 1 amide bonds. The van der Waals surface area contributed by atoms with Crippen LogP contribution in [0.25, 0.3) is 21.8 Å². The molecule has 9 heteroatoms. The van der Waals surface area contributed by atoms with Gasteiger partial charge in [0.15, 0.2) is 5.78 Å². The third-order valence-corrected chi connectivity index (χ3v) is 8.34. The molecule has 0 atom stereocenters. The largest absolute Gasteiger partial charge is 0.324 e. The first-order chi connectivity index (χ1) is 19.2. The van der Waals surface area contributed by atoms with Crippen molar-refractivity contribution in [2.24, 2.45) is 5.41 Å². The number of nitrogens with zero attached hydrogens (tertiary/aromatic N) is 4. The average Bonchev–Trinajstić information content (AvgIpc) is 3.53. The van der Waals surface area contributed by atoms with Crippen molar-refractivity contribution in [3.05, 3.63) is 81.6 Å². The monoisotopic (exact) mass is 552 g/mol. The highest BCUT2D eigenvalue weighted by Gasteiger charge is 2.24. The lowest BCUT2D eigenvalue weighted by atomic mass is 9.92. The first-order valence-corrected chi connectivity index (χ1v) is 14.4. The van der Waals surface area contributed by atoms with Crippen LogP contribution < -0.4 is 5.32 Å². The fraction of sp³-hybridized carbons (Fsp3) is 0.323.